The van der Waals surface area contributed by atoms with Crippen LogP contribution in [0, 0.1) is 11.8 Å². The molecule has 2 atom stereocenters. The van der Waals surface area contributed by atoms with Crippen molar-refractivity contribution >= 4 is 64.6 Å². The van der Waals surface area contributed by atoms with Crippen molar-refractivity contribution in [3.63, 3.8) is 0 Å². The Morgan fingerprint density at radius 1 is 1.11 bits per heavy atom. The SMILES string of the molecule is Cl.Cl.O=C(c1cc(-c2ccc(Cl)s2)nc2ccccc12)N1C[C@H]2CNC[C@H]2C1. The molecule has 4 nitrogen and oxygen atoms in total. The van der Waals surface area contributed by atoms with Crippen molar-refractivity contribution in [2.24, 2.45) is 11.8 Å². The number of thiophene rings is 1. The molecule has 2 saturated heterocycles. The molecule has 0 radical (unpaired) electrons. The Balaban J connectivity index is 0.00000112. The van der Waals surface area contributed by atoms with Crippen molar-refractivity contribution in [2.45, 2.75) is 0 Å². The second-order valence-corrected chi connectivity index (χ2v) is 8.78. The van der Waals surface area contributed by atoms with E-state index in [0.717, 1.165) is 57.6 Å². The molecule has 28 heavy (non-hydrogen) atoms. The fourth-order valence-corrected chi connectivity index (χ4v) is 5.13. The molecule has 4 heterocycles. The Kier molecular flexibility index (Phi) is 6.52. The second-order valence-electron chi connectivity index (χ2n) is 7.06. The number of carbonyl (C=O) groups excluding carboxylic acids is 1. The van der Waals surface area contributed by atoms with Gasteiger partial charge in [0.05, 0.1) is 26.0 Å². The molecule has 2 aromatic heterocycles. The third-order valence-electron chi connectivity index (χ3n) is 5.45. The van der Waals surface area contributed by atoms with E-state index in [1.54, 1.807) is 0 Å². The monoisotopic (exact) mass is 455 g/mol. The predicted octanol–water partition coefficient (Wildman–Crippen LogP) is 4.75. The summed E-state index contributed by atoms with van der Waals surface area (Å²) in [5.74, 6) is 1.28. The van der Waals surface area contributed by atoms with Crippen molar-refractivity contribution in [1.82, 2.24) is 15.2 Å². The maximum absolute atomic E-state index is 13.3. The van der Waals surface area contributed by atoms with Crippen LogP contribution in [0.25, 0.3) is 21.5 Å². The molecule has 0 spiro atoms. The number of pyridine rings is 1. The third kappa shape index (κ3) is 3.74. The van der Waals surface area contributed by atoms with Gasteiger partial charge in [-0.3, -0.25) is 4.79 Å². The van der Waals surface area contributed by atoms with Gasteiger partial charge in [0, 0.05) is 31.6 Å². The van der Waals surface area contributed by atoms with Crippen molar-refractivity contribution in [2.75, 3.05) is 26.2 Å². The zero-order valence-electron chi connectivity index (χ0n) is 14.9. The van der Waals surface area contributed by atoms with Crippen molar-refractivity contribution in [1.29, 1.82) is 0 Å². The van der Waals surface area contributed by atoms with Gasteiger partial charge in [-0.25, -0.2) is 4.98 Å². The maximum atomic E-state index is 13.3. The molecule has 8 heteroatoms. The molecule has 0 unspecified atom stereocenters. The van der Waals surface area contributed by atoms with E-state index in [9.17, 15) is 4.79 Å². The zero-order chi connectivity index (χ0) is 17.7. The van der Waals surface area contributed by atoms with Gasteiger partial charge in [-0.1, -0.05) is 29.8 Å². The van der Waals surface area contributed by atoms with Gasteiger partial charge in [0.2, 0.25) is 0 Å². The minimum Gasteiger partial charge on any atom is -0.338 e. The standard InChI is InChI=1S/C20H18ClN3OS.2ClH/c21-19-6-5-18(26-19)17-7-15(14-3-1-2-4-16(14)23-17)20(25)24-10-12-8-22-9-13(12)11-24;;/h1-7,12-13,22H,8-11H2;2*1H/t12-,13+;;. The van der Waals surface area contributed by atoms with E-state index < -0.39 is 0 Å². The van der Waals surface area contributed by atoms with Crippen LogP contribution in [0.5, 0.6) is 0 Å². The van der Waals surface area contributed by atoms with Gasteiger partial charge in [-0.2, -0.15) is 0 Å². The summed E-state index contributed by atoms with van der Waals surface area (Å²) in [6.07, 6.45) is 0. The number of nitrogens with zero attached hydrogens (tertiary/aromatic N) is 2. The van der Waals surface area contributed by atoms with Crippen molar-refractivity contribution < 1.29 is 4.79 Å². The first-order valence-electron chi connectivity index (χ1n) is 8.84. The lowest BCUT2D eigenvalue weighted by molar-refractivity contribution is 0.0783. The van der Waals surface area contributed by atoms with Crippen LogP contribution in [0.15, 0.2) is 42.5 Å². The number of likely N-dealkylation sites (tertiary alicyclic amines) is 1. The number of halogens is 3. The molecule has 0 saturated carbocycles. The van der Waals surface area contributed by atoms with Gasteiger partial charge in [0.15, 0.2) is 0 Å². The molecule has 5 rings (SSSR count). The average molecular weight is 457 g/mol. The van der Waals surface area contributed by atoms with E-state index in [1.165, 1.54) is 11.3 Å². The topological polar surface area (TPSA) is 45.2 Å². The molecule has 1 aromatic carbocycles. The van der Waals surface area contributed by atoms with Gasteiger partial charge in [0.1, 0.15) is 0 Å². The number of rotatable bonds is 2. The Morgan fingerprint density at radius 3 is 2.50 bits per heavy atom. The van der Waals surface area contributed by atoms with E-state index in [0.29, 0.717) is 11.8 Å². The Bertz CT molecular complexity index is 997. The lowest BCUT2D eigenvalue weighted by Crippen LogP contribution is -2.32. The second kappa shape index (κ2) is 8.56. The Morgan fingerprint density at radius 2 is 1.82 bits per heavy atom. The highest BCUT2D eigenvalue weighted by Crippen LogP contribution is 2.34. The number of amides is 1. The smallest absolute Gasteiger partial charge is 0.254 e. The molecule has 2 fully saturated rings. The van der Waals surface area contributed by atoms with Crippen LogP contribution in [-0.2, 0) is 0 Å². The van der Waals surface area contributed by atoms with Crippen LogP contribution in [0.2, 0.25) is 4.34 Å². The number of carbonyl (C=O) groups is 1. The van der Waals surface area contributed by atoms with Crippen LogP contribution in [0.4, 0.5) is 0 Å². The van der Waals surface area contributed by atoms with E-state index in [4.69, 9.17) is 16.6 Å². The first-order chi connectivity index (χ1) is 12.7. The summed E-state index contributed by atoms with van der Waals surface area (Å²) in [5, 5.41) is 4.34. The molecule has 1 N–H and O–H groups in total. The number of nitrogens with one attached hydrogen (secondary N) is 1. The van der Waals surface area contributed by atoms with Gasteiger partial charge >= 0.3 is 0 Å². The lowest BCUT2D eigenvalue weighted by atomic mass is 10.0. The highest BCUT2D eigenvalue weighted by Gasteiger charge is 2.38. The quantitative estimate of drug-likeness (QED) is 0.605. The van der Waals surface area contributed by atoms with Crippen LogP contribution in [0.3, 0.4) is 0 Å². The fraction of sp³-hybridized carbons (Fsp3) is 0.300. The van der Waals surface area contributed by atoms with Gasteiger partial charge in [0.25, 0.3) is 5.91 Å². The van der Waals surface area contributed by atoms with Crippen molar-refractivity contribution in [3.05, 3.63) is 52.4 Å². The number of aromatic nitrogens is 1. The summed E-state index contributed by atoms with van der Waals surface area (Å²) in [6.45, 7) is 3.72. The molecule has 0 aliphatic carbocycles. The molecular weight excluding hydrogens is 437 g/mol. The highest BCUT2D eigenvalue weighted by molar-refractivity contribution is 7.19. The number of hydrogen-bond acceptors (Lipinski definition) is 4. The van der Waals surface area contributed by atoms with Gasteiger partial charge in [-0.05, 0) is 36.1 Å². The predicted molar refractivity (Wildman–Crippen MR) is 120 cm³/mol. The van der Waals surface area contributed by atoms with Crippen LogP contribution < -0.4 is 5.32 Å². The summed E-state index contributed by atoms with van der Waals surface area (Å²) < 4.78 is 0.725. The summed E-state index contributed by atoms with van der Waals surface area (Å²) in [4.78, 5) is 21.1. The third-order valence-corrected chi connectivity index (χ3v) is 6.70. The van der Waals surface area contributed by atoms with E-state index >= 15 is 0 Å². The summed E-state index contributed by atoms with van der Waals surface area (Å²) in [7, 11) is 0. The molecular formula is C20H20Cl3N3OS. The first-order valence-corrected chi connectivity index (χ1v) is 10.0. The molecule has 2 aliphatic rings. The molecule has 0 bridgehead atoms. The molecule has 3 aromatic rings. The van der Waals surface area contributed by atoms with E-state index in [-0.39, 0.29) is 30.7 Å². The van der Waals surface area contributed by atoms with Gasteiger partial charge < -0.3 is 10.2 Å². The van der Waals surface area contributed by atoms with Crippen LogP contribution >= 0.6 is 47.8 Å². The highest BCUT2D eigenvalue weighted by atomic mass is 35.5. The largest absolute Gasteiger partial charge is 0.338 e. The Labute approximate surface area is 185 Å². The Hall–Kier alpha value is -1.37. The molecule has 2 aliphatic heterocycles. The van der Waals surface area contributed by atoms with Crippen molar-refractivity contribution in [3.8, 4) is 10.6 Å². The molecule has 1 amide bonds. The lowest BCUT2D eigenvalue weighted by Gasteiger charge is -2.19. The van der Waals surface area contributed by atoms with E-state index in [1.807, 2.05) is 47.4 Å². The average Bonchev–Trinajstić information content (AvgIpc) is 3.36. The first kappa shape index (κ1) is 21.3. The number of benzene rings is 1. The van der Waals surface area contributed by atoms with Crippen LogP contribution in [-0.4, -0.2) is 42.0 Å². The summed E-state index contributed by atoms with van der Waals surface area (Å²) in [5.41, 5.74) is 2.40. The van der Waals surface area contributed by atoms with Crippen LogP contribution in [0.1, 0.15) is 10.4 Å². The number of fused-ring (bicyclic) bond motifs is 2. The minimum absolute atomic E-state index is 0. The molecule has 148 valence electrons. The maximum Gasteiger partial charge on any atom is 0.254 e. The minimum atomic E-state index is 0. The normalized spacial score (nSPS) is 20.5. The van der Waals surface area contributed by atoms with Gasteiger partial charge in [-0.15, -0.1) is 36.2 Å². The number of hydrogen-bond donors (Lipinski definition) is 1. The summed E-state index contributed by atoms with van der Waals surface area (Å²) >= 11 is 7.58. The van der Waals surface area contributed by atoms with E-state index in [2.05, 4.69) is 5.32 Å². The fourth-order valence-electron chi connectivity index (χ4n) is 4.12. The summed E-state index contributed by atoms with van der Waals surface area (Å²) in [6, 6.07) is 13.6. The zero-order valence-corrected chi connectivity index (χ0v) is 18.1. The number of para-hydroxylation sites is 1.